The number of aromatic nitrogens is 1. The number of aliphatic hydroxyl groups excluding tert-OH is 1. The number of pyridine rings is 1. The van der Waals surface area contributed by atoms with Crippen molar-refractivity contribution in [1.29, 1.82) is 0 Å². The van der Waals surface area contributed by atoms with E-state index in [1.807, 2.05) is 20.8 Å². The average molecular weight is 236 g/mol. The molecule has 4 heteroatoms. The van der Waals surface area contributed by atoms with E-state index in [0.29, 0.717) is 12.0 Å². The van der Waals surface area contributed by atoms with Crippen molar-refractivity contribution in [3.63, 3.8) is 0 Å². The normalized spacial score (nSPS) is 13.2. The highest BCUT2D eigenvalue weighted by molar-refractivity contribution is 5.94. The van der Waals surface area contributed by atoms with E-state index in [0.717, 1.165) is 0 Å². The Kier molecular flexibility index (Phi) is 4.63. The van der Waals surface area contributed by atoms with E-state index in [1.54, 1.807) is 18.3 Å². The molecule has 1 heterocycles. The van der Waals surface area contributed by atoms with Crippen LogP contribution >= 0.6 is 0 Å². The van der Waals surface area contributed by atoms with Crippen LogP contribution in [0.2, 0.25) is 0 Å². The summed E-state index contributed by atoms with van der Waals surface area (Å²) in [6, 6.07) is 3.40. The van der Waals surface area contributed by atoms with E-state index in [2.05, 4.69) is 10.3 Å². The molecule has 0 aliphatic carbocycles. The van der Waals surface area contributed by atoms with Crippen LogP contribution in [-0.2, 0) is 0 Å². The molecule has 0 spiro atoms. The van der Waals surface area contributed by atoms with Crippen molar-refractivity contribution in [3.05, 3.63) is 30.1 Å². The Bertz CT molecular complexity index is 357. The number of rotatable bonds is 4. The quantitative estimate of drug-likeness (QED) is 0.835. The minimum absolute atomic E-state index is 0.0554. The summed E-state index contributed by atoms with van der Waals surface area (Å²) < 4.78 is 0. The molecule has 17 heavy (non-hydrogen) atoms. The van der Waals surface area contributed by atoms with Crippen molar-refractivity contribution in [2.24, 2.45) is 5.41 Å². The number of nitrogens with one attached hydrogen (secondary N) is 1. The Morgan fingerprint density at radius 3 is 2.71 bits per heavy atom. The molecule has 0 aliphatic heterocycles. The lowest BCUT2D eigenvalue weighted by atomic mass is 9.85. The Morgan fingerprint density at radius 1 is 1.53 bits per heavy atom. The van der Waals surface area contributed by atoms with Crippen LogP contribution in [0.15, 0.2) is 24.5 Å². The van der Waals surface area contributed by atoms with Crippen molar-refractivity contribution in [3.8, 4) is 0 Å². The number of amides is 1. The maximum atomic E-state index is 11.9. The van der Waals surface area contributed by atoms with Gasteiger partial charge in [-0.05, 0) is 24.0 Å². The second-order valence-electron chi connectivity index (χ2n) is 5.15. The standard InChI is InChI=1S/C13H20N2O2/c1-13(2,3)11(6-8-16)15-12(17)10-5-4-7-14-9-10/h4-5,7,9,11,16H,6,8H2,1-3H3,(H,15,17). The maximum absolute atomic E-state index is 11.9. The van der Waals surface area contributed by atoms with Crippen LogP contribution in [0.5, 0.6) is 0 Å². The van der Waals surface area contributed by atoms with Crippen molar-refractivity contribution >= 4 is 5.91 Å². The molecule has 0 aliphatic rings. The summed E-state index contributed by atoms with van der Waals surface area (Å²) in [4.78, 5) is 15.9. The first-order valence-corrected chi connectivity index (χ1v) is 5.77. The molecular weight excluding hydrogens is 216 g/mol. The van der Waals surface area contributed by atoms with E-state index in [1.165, 1.54) is 6.20 Å². The lowest BCUT2D eigenvalue weighted by Gasteiger charge is -2.31. The summed E-state index contributed by atoms with van der Waals surface area (Å²) in [6.07, 6.45) is 3.72. The fourth-order valence-electron chi connectivity index (χ4n) is 1.59. The summed E-state index contributed by atoms with van der Waals surface area (Å²) in [7, 11) is 0. The van der Waals surface area contributed by atoms with Gasteiger partial charge in [0.2, 0.25) is 0 Å². The molecule has 2 N–H and O–H groups in total. The third-order valence-corrected chi connectivity index (χ3v) is 2.69. The molecule has 1 aromatic heterocycles. The Balaban J connectivity index is 2.71. The molecular formula is C13H20N2O2. The first-order chi connectivity index (χ1) is 7.95. The zero-order valence-electron chi connectivity index (χ0n) is 10.6. The molecule has 0 bridgehead atoms. The fraction of sp³-hybridized carbons (Fsp3) is 0.538. The Morgan fingerprint density at radius 2 is 2.24 bits per heavy atom. The van der Waals surface area contributed by atoms with Crippen LogP contribution in [-0.4, -0.2) is 28.6 Å². The van der Waals surface area contributed by atoms with Crippen molar-refractivity contribution in [2.75, 3.05) is 6.61 Å². The topological polar surface area (TPSA) is 62.2 Å². The molecule has 0 aromatic carbocycles. The van der Waals surface area contributed by atoms with Crippen molar-refractivity contribution in [2.45, 2.75) is 33.2 Å². The van der Waals surface area contributed by atoms with Gasteiger partial charge >= 0.3 is 0 Å². The van der Waals surface area contributed by atoms with Gasteiger partial charge in [-0.3, -0.25) is 9.78 Å². The first-order valence-electron chi connectivity index (χ1n) is 5.77. The summed E-state index contributed by atoms with van der Waals surface area (Å²) in [5.41, 5.74) is 0.459. The van der Waals surface area contributed by atoms with Gasteiger partial charge in [0.25, 0.3) is 5.91 Å². The largest absolute Gasteiger partial charge is 0.396 e. The summed E-state index contributed by atoms with van der Waals surface area (Å²) >= 11 is 0. The predicted octanol–water partition coefficient (Wildman–Crippen LogP) is 1.61. The lowest BCUT2D eigenvalue weighted by molar-refractivity contribution is 0.0885. The number of carbonyl (C=O) groups excluding carboxylic acids is 1. The van der Waals surface area contributed by atoms with E-state index in [-0.39, 0.29) is 24.0 Å². The summed E-state index contributed by atoms with van der Waals surface area (Å²) in [5.74, 6) is -0.147. The highest BCUT2D eigenvalue weighted by atomic mass is 16.3. The van der Waals surface area contributed by atoms with Gasteiger partial charge in [-0.1, -0.05) is 20.8 Å². The molecule has 1 unspecified atom stereocenters. The van der Waals surface area contributed by atoms with Crippen LogP contribution in [0, 0.1) is 5.41 Å². The third-order valence-electron chi connectivity index (χ3n) is 2.69. The molecule has 0 fully saturated rings. The minimum atomic E-state index is -0.147. The maximum Gasteiger partial charge on any atom is 0.253 e. The Hall–Kier alpha value is -1.42. The van der Waals surface area contributed by atoms with Gasteiger partial charge < -0.3 is 10.4 Å². The van der Waals surface area contributed by atoms with E-state index in [4.69, 9.17) is 5.11 Å². The summed E-state index contributed by atoms with van der Waals surface area (Å²) in [5, 5.41) is 12.0. The van der Waals surface area contributed by atoms with Gasteiger partial charge in [0.05, 0.1) is 5.56 Å². The molecule has 4 nitrogen and oxygen atoms in total. The molecule has 1 amide bonds. The number of nitrogens with zero attached hydrogens (tertiary/aromatic N) is 1. The van der Waals surface area contributed by atoms with Gasteiger partial charge in [0.15, 0.2) is 0 Å². The Labute approximate surface area is 102 Å². The first kappa shape index (κ1) is 13.6. The number of carbonyl (C=O) groups is 1. The fourth-order valence-corrected chi connectivity index (χ4v) is 1.59. The van der Waals surface area contributed by atoms with Gasteiger partial charge in [0.1, 0.15) is 0 Å². The van der Waals surface area contributed by atoms with Crippen molar-refractivity contribution < 1.29 is 9.90 Å². The lowest BCUT2D eigenvalue weighted by Crippen LogP contribution is -2.44. The average Bonchev–Trinajstić information content (AvgIpc) is 2.28. The van der Waals surface area contributed by atoms with Gasteiger partial charge in [0, 0.05) is 25.0 Å². The molecule has 1 atom stereocenters. The van der Waals surface area contributed by atoms with Crippen LogP contribution in [0.3, 0.4) is 0 Å². The molecule has 94 valence electrons. The highest BCUT2D eigenvalue weighted by Gasteiger charge is 2.25. The molecule has 0 radical (unpaired) electrons. The SMILES string of the molecule is CC(C)(C)C(CCO)NC(=O)c1cccnc1. The second kappa shape index (κ2) is 5.77. The van der Waals surface area contributed by atoms with E-state index < -0.39 is 0 Å². The van der Waals surface area contributed by atoms with Crippen molar-refractivity contribution in [1.82, 2.24) is 10.3 Å². The molecule has 0 saturated heterocycles. The van der Waals surface area contributed by atoms with Gasteiger partial charge in [-0.15, -0.1) is 0 Å². The molecule has 1 rings (SSSR count). The zero-order chi connectivity index (χ0) is 12.9. The third kappa shape index (κ3) is 4.15. The second-order valence-corrected chi connectivity index (χ2v) is 5.15. The van der Waals surface area contributed by atoms with Gasteiger partial charge in [-0.25, -0.2) is 0 Å². The van der Waals surface area contributed by atoms with Gasteiger partial charge in [-0.2, -0.15) is 0 Å². The van der Waals surface area contributed by atoms with E-state index in [9.17, 15) is 4.79 Å². The predicted molar refractivity (Wildman–Crippen MR) is 66.6 cm³/mol. The number of aliphatic hydroxyl groups is 1. The number of hydrogen-bond acceptors (Lipinski definition) is 3. The van der Waals surface area contributed by atoms with Crippen LogP contribution in [0.25, 0.3) is 0 Å². The zero-order valence-corrected chi connectivity index (χ0v) is 10.6. The van der Waals surface area contributed by atoms with Crippen LogP contribution in [0.1, 0.15) is 37.6 Å². The smallest absolute Gasteiger partial charge is 0.253 e. The molecule has 1 aromatic rings. The molecule has 0 saturated carbocycles. The van der Waals surface area contributed by atoms with Crippen LogP contribution < -0.4 is 5.32 Å². The summed E-state index contributed by atoms with van der Waals surface area (Å²) in [6.45, 7) is 6.18. The number of hydrogen-bond donors (Lipinski definition) is 2. The van der Waals surface area contributed by atoms with Crippen LogP contribution in [0.4, 0.5) is 0 Å². The van der Waals surface area contributed by atoms with E-state index >= 15 is 0 Å². The monoisotopic (exact) mass is 236 g/mol. The highest BCUT2D eigenvalue weighted by Crippen LogP contribution is 2.21. The minimum Gasteiger partial charge on any atom is -0.396 e.